The number of amides is 1. The van der Waals surface area contributed by atoms with Crippen molar-refractivity contribution in [2.45, 2.75) is 71.4 Å². The fourth-order valence-corrected chi connectivity index (χ4v) is 3.33. The number of unbranched alkanes of at least 4 members (excludes halogenated alkanes) is 5. The predicted molar refractivity (Wildman–Crippen MR) is 104 cm³/mol. The summed E-state index contributed by atoms with van der Waals surface area (Å²) >= 11 is 1.32. The quantitative estimate of drug-likeness (QED) is 0.370. The molecule has 0 aliphatic heterocycles. The van der Waals surface area contributed by atoms with Crippen LogP contribution in [0.2, 0.25) is 0 Å². The number of nitrogens with one attached hydrogen (secondary N) is 1. The third-order valence-corrected chi connectivity index (χ3v) is 4.82. The van der Waals surface area contributed by atoms with E-state index in [1.807, 2.05) is 6.07 Å². The van der Waals surface area contributed by atoms with Gasteiger partial charge in [-0.15, -0.1) is 11.3 Å². The fourth-order valence-electron chi connectivity index (χ4n) is 2.43. The highest BCUT2D eigenvalue weighted by Gasteiger charge is 2.31. The van der Waals surface area contributed by atoms with E-state index in [1.54, 1.807) is 13.0 Å². The van der Waals surface area contributed by atoms with Gasteiger partial charge in [0.1, 0.15) is 6.10 Å². The summed E-state index contributed by atoms with van der Waals surface area (Å²) in [5.41, 5.74) is 0. The summed E-state index contributed by atoms with van der Waals surface area (Å²) in [7, 11) is 0. The van der Waals surface area contributed by atoms with E-state index in [1.165, 1.54) is 43.9 Å². The van der Waals surface area contributed by atoms with E-state index in [0.29, 0.717) is 4.88 Å². The maximum Gasteiger partial charge on any atom is 0.331 e. The summed E-state index contributed by atoms with van der Waals surface area (Å²) in [4.78, 5) is 24.7. The van der Waals surface area contributed by atoms with Gasteiger partial charge in [-0.2, -0.15) is 0 Å². The molecule has 2 atom stereocenters. The van der Waals surface area contributed by atoms with Crippen molar-refractivity contribution in [3.8, 4) is 11.8 Å². The monoisotopic (exact) mass is 379 g/mol. The van der Waals surface area contributed by atoms with Crippen LogP contribution in [0.1, 0.15) is 75.2 Å². The van der Waals surface area contributed by atoms with Crippen LogP contribution in [0.5, 0.6) is 0 Å². The number of aliphatic hydroxyl groups excluding tert-OH is 1. The molecule has 0 spiro atoms. The molecule has 0 bridgehead atoms. The molecule has 0 radical (unpaired) electrons. The third kappa shape index (κ3) is 8.03. The largest absolute Gasteiger partial charge is 0.464 e. The van der Waals surface area contributed by atoms with Gasteiger partial charge < -0.3 is 15.2 Å². The van der Waals surface area contributed by atoms with Gasteiger partial charge in [-0.1, -0.05) is 44.4 Å². The zero-order chi connectivity index (χ0) is 19.4. The van der Waals surface area contributed by atoms with E-state index in [-0.39, 0.29) is 6.61 Å². The van der Waals surface area contributed by atoms with Crippen LogP contribution in [0.15, 0.2) is 12.1 Å². The van der Waals surface area contributed by atoms with Gasteiger partial charge in [0.05, 0.1) is 11.5 Å². The fraction of sp³-hybridized carbons (Fsp3) is 0.600. The van der Waals surface area contributed by atoms with Gasteiger partial charge in [-0.05, 0) is 25.5 Å². The summed E-state index contributed by atoms with van der Waals surface area (Å²) in [5, 5.41) is 12.9. The third-order valence-electron chi connectivity index (χ3n) is 3.75. The zero-order valence-corrected chi connectivity index (χ0v) is 16.7. The van der Waals surface area contributed by atoms with Crippen molar-refractivity contribution in [1.82, 2.24) is 5.32 Å². The molecule has 0 aliphatic carbocycles. The maximum absolute atomic E-state index is 12.0. The lowest BCUT2D eigenvalue weighted by Gasteiger charge is -2.20. The normalized spacial score (nSPS) is 12.6. The van der Waals surface area contributed by atoms with Gasteiger partial charge in [-0.25, -0.2) is 4.79 Å². The molecular formula is C20H29NO4S. The second-order valence-electron chi connectivity index (χ2n) is 6.04. The number of carbonyl (C=O) groups is 2. The Kier molecular flexibility index (Phi) is 10.7. The van der Waals surface area contributed by atoms with Gasteiger partial charge in [0.15, 0.2) is 6.04 Å². The van der Waals surface area contributed by atoms with Crippen LogP contribution in [0, 0.1) is 11.8 Å². The Morgan fingerprint density at radius 3 is 2.62 bits per heavy atom. The Hall–Kier alpha value is -1.84. The van der Waals surface area contributed by atoms with Crippen molar-refractivity contribution >= 4 is 23.2 Å². The molecule has 1 heterocycles. The summed E-state index contributed by atoms with van der Waals surface area (Å²) in [6.07, 6.45) is 5.76. The Labute approximate surface area is 160 Å². The minimum absolute atomic E-state index is 0.182. The van der Waals surface area contributed by atoms with Gasteiger partial charge >= 0.3 is 5.97 Å². The number of hydrogen-bond acceptors (Lipinski definition) is 5. The number of carbonyl (C=O) groups excluding carboxylic acids is 2. The Morgan fingerprint density at radius 2 is 1.96 bits per heavy atom. The van der Waals surface area contributed by atoms with E-state index in [0.717, 1.165) is 17.7 Å². The summed E-state index contributed by atoms with van der Waals surface area (Å²) < 4.78 is 4.94. The highest BCUT2D eigenvalue weighted by atomic mass is 32.1. The average Bonchev–Trinajstić information content (AvgIpc) is 3.07. The van der Waals surface area contributed by atoms with Crippen molar-refractivity contribution in [2.24, 2.45) is 0 Å². The smallest absolute Gasteiger partial charge is 0.331 e. The number of esters is 1. The Balaban J connectivity index is 2.65. The molecule has 1 aromatic rings. The number of hydrogen-bond donors (Lipinski definition) is 2. The SMILES string of the molecule is CCCCCCCC#Cc1ccc(C(O)C(NC(C)=O)C(=O)OCC)s1. The molecule has 26 heavy (non-hydrogen) atoms. The van der Waals surface area contributed by atoms with Crippen LogP contribution in [0.3, 0.4) is 0 Å². The van der Waals surface area contributed by atoms with Crippen molar-refractivity contribution in [3.05, 3.63) is 21.9 Å². The molecule has 1 aromatic heterocycles. The molecule has 1 rings (SSSR count). The molecule has 0 saturated carbocycles. The molecule has 6 heteroatoms. The standard InChI is InChI=1S/C20H29NO4S/c1-4-6-7-8-9-10-11-12-16-13-14-17(26-16)19(23)18(21-15(3)22)20(24)25-5-2/h13-14,18-19,23H,4-10H2,1-3H3,(H,21,22). The summed E-state index contributed by atoms with van der Waals surface area (Å²) in [6, 6.07) is 2.43. The van der Waals surface area contributed by atoms with Crippen LogP contribution in [-0.2, 0) is 14.3 Å². The summed E-state index contributed by atoms with van der Waals surface area (Å²) in [6.45, 7) is 5.35. The van der Waals surface area contributed by atoms with E-state index in [9.17, 15) is 14.7 Å². The van der Waals surface area contributed by atoms with E-state index in [2.05, 4.69) is 24.1 Å². The number of aliphatic hydroxyl groups is 1. The Morgan fingerprint density at radius 1 is 1.23 bits per heavy atom. The molecule has 5 nitrogen and oxygen atoms in total. The molecule has 2 N–H and O–H groups in total. The van der Waals surface area contributed by atoms with Crippen molar-refractivity contribution in [3.63, 3.8) is 0 Å². The Bertz CT molecular complexity index is 629. The van der Waals surface area contributed by atoms with E-state index >= 15 is 0 Å². The highest BCUT2D eigenvalue weighted by Crippen LogP contribution is 2.26. The number of ether oxygens (including phenoxy) is 1. The second-order valence-corrected chi connectivity index (χ2v) is 7.16. The van der Waals surface area contributed by atoms with Crippen LogP contribution < -0.4 is 5.32 Å². The van der Waals surface area contributed by atoms with Gasteiger partial charge in [0, 0.05) is 18.2 Å². The minimum Gasteiger partial charge on any atom is -0.464 e. The minimum atomic E-state index is -1.16. The molecule has 0 aliphatic rings. The van der Waals surface area contributed by atoms with Crippen LogP contribution >= 0.6 is 11.3 Å². The van der Waals surface area contributed by atoms with Crippen molar-refractivity contribution < 1.29 is 19.4 Å². The molecule has 0 aromatic carbocycles. The lowest BCUT2D eigenvalue weighted by molar-refractivity contribution is -0.150. The topological polar surface area (TPSA) is 75.6 Å². The van der Waals surface area contributed by atoms with Gasteiger partial charge in [0.25, 0.3) is 0 Å². The summed E-state index contributed by atoms with van der Waals surface area (Å²) in [5.74, 6) is 5.20. The lowest BCUT2D eigenvalue weighted by Crippen LogP contribution is -2.44. The highest BCUT2D eigenvalue weighted by molar-refractivity contribution is 7.12. The van der Waals surface area contributed by atoms with Crippen LogP contribution in [0.4, 0.5) is 0 Å². The predicted octanol–water partition coefficient (Wildman–Crippen LogP) is 3.56. The molecule has 0 fully saturated rings. The second kappa shape index (κ2) is 12.5. The first-order valence-electron chi connectivity index (χ1n) is 9.20. The van der Waals surface area contributed by atoms with Gasteiger partial charge in [0.2, 0.25) is 5.91 Å². The molecule has 1 amide bonds. The van der Waals surface area contributed by atoms with Crippen LogP contribution in [0.25, 0.3) is 0 Å². The first kappa shape index (κ1) is 22.2. The van der Waals surface area contributed by atoms with Crippen molar-refractivity contribution in [2.75, 3.05) is 6.61 Å². The first-order chi connectivity index (χ1) is 12.5. The molecular weight excluding hydrogens is 350 g/mol. The van der Waals surface area contributed by atoms with Crippen LogP contribution in [-0.4, -0.2) is 29.6 Å². The lowest BCUT2D eigenvalue weighted by atomic mass is 10.1. The molecule has 144 valence electrons. The maximum atomic E-state index is 12.0. The average molecular weight is 380 g/mol. The van der Waals surface area contributed by atoms with Gasteiger partial charge in [-0.3, -0.25) is 4.79 Å². The first-order valence-corrected chi connectivity index (χ1v) is 10.0. The molecule has 2 unspecified atom stereocenters. The number of thiophene rings is 1. The number of rotatable bonds is 10. The van der Waals surface area contributed by atoms with Crippen molar-refractivity contribution in [1.29, 1.82) is 0 Å². The zero-order valence-electron chi connectivity index (χ0n) is 15.8. The van der Waals surface area contributed by atoms with E-state index < -0.39 is 24.0 Å². The van der Waals surface area contributed by atoms with E-state index in [4.69, 9.17) is 4.74 Å². The molecule has 0 saturated heterocycles.